The van der Waals surface area contributed by atoms with E-state index in [1.165, 1.54) is 0 Å². The highest BCUT2D eigenvalue weighted by Gasteiger charge is 2.11. The first-order valence-corrected chi connectivity index (χ1v) is 9.40. The molecule has 0 atom stereocenters. The number of aromatic nitrogens is 1. The Morgan fingerprint density at radius 2 is 1.59 bits per heavy atom. The van der Waals surface area contributed by atoms with Gasteiger partial charge in [-0.1, -0.05) is 0 Å². The molecule has 6 heteroatoms. The minimum atomic E-state index is -0.189. The van der Waals surface area contributed by atoms with Crippen LogP contribution in [0, 0.1) is 13.8 Å². The van der Waals surface area contributed by atoms with Crippen LogP contribution < -0.4 is 14.8 Å². The first-order valence-electron chi connectivity index (χ1n) is 9.40. The summed E-state index contributed by atoms with van der Waals surface area (Å²) >= 11 is 0. The number of aryl methyl sites for hydroxylation is 2. The van der Waals surface area contributed by atoms with Gasteiger partial charge in [-0.25, -0.2) is 0 Å². The zero-order valence-corrected chi connectivity index (χ0v) is 17.2. The van der Waals surface area contributed by atoms with Gasteiger partial charge in [0.05, 0.1) is 13.7 Å². The van der Waals surface area contributed by atoms with Gasteiger partial charge in [-0.2, -0.15) is 0 Å². The van der Waals surface area contributed by atoms with Crippen LogP contribution in [-0.2, 0) is 4.74 Å². The second kappa shape index (κ2) is 9.30. The second-order valence-electron chi connectivity index (χ2n) is 6.66. The number of carbonyl (C=O) groups excluding carboxylic acids is 1. The summed E-state index contributed by atoms with van der Waals surface area (Å²) in [5, 5.41) is 2.90. The van der Waals surface area contributed by atoms with Crippen LogP contribution in [0.1, 0.15) is 21.7 Å². The van der Waals surface area contributed by atoms with Crippen LogP contribution in [0.3, 0.4) is 0 Å². The van der Waals surface area contributed by atoms with Crippen molar-refractivity contribution < 1.29 is 19.0 Å². The molecule has 6 nitrogen and oxygen atoms in total. The van der Waals surface area contributed by atoms with E-state index in [2.05, 4.69) is 35.9 Å². The molecule has 0 aliphatic heterocycles. The standard InChI is InChI=1S/C23H26N2O4/c1-16-5-6-17(2)25(16)20-10-7-18(8-11-20)23(26)24-19-9-12-21(28-4)22(15-19)29-14-13-27-3/h5-12,15H,13-14H2,1-4H3,(H,24,26). The summed E-state index contributed by atoms with van der Waals surface area (Å²) in [6.07, 6.45) is 0. The van der Waals surface area contributed by atoms with Crippen molar-refractivity contribution >= 4 is 11.6 Å². The Balaban J connectivity index is 1.73. The molecular formula is C23H26N2O4. The summed E-state index contributed by atoms with van der Waals surface area (Å²) in [5.74, 6) is 0.961. The normalized spacial score (nSPS) is 10.6. The van der Waals surface area contributed by atoms with Crippen molar-refractivity contribution in [1.29, 1.82) is 0 Å². The minimum Gasteiger partial charge on any atom is -0.493 e. The van der Waals surface area contributed by atoms with E-state index in [1.54, 1.807) is 32.4 Å². The predicted molar refractivity (Wildman–Crippen MR) is 114 cm³/mol. The Morgan fingerprint density at radius 3 is 2.21 bits per heavy atom. The van der Waals surface area contributed by atoms with Crippen LogP contribution in [0.5, 0.6) is 11.5 Å². The molecule has 0 saturated carbocycles. The topological polar surface area (TPSA) is 61.7 Å². The van der Waals surface area contributed by atoms with E-state index in [-0.39, 0.29) is 5.91 Å². The largest absolute Gasteiger partial charge is 0.493 e. The van der Waals surface area contributed by atoms with E-state index < -0.39 is 0 Å². The SMILES string of the molecule is COCCOc1cc(NC(=O)c2ccc(-n3c(C)ccc3C)cc2)ccc1OC. The monoisotopic (exact) mass is 394 g/mol. The van der Waals surface area contributed by atoms with Gasteiger partial charge in [0.1, 0.15) is 6.61 Å². The maximum absolute atomic E-state index is 12.7. The molecule has 0 radical (unpaired) electrons. The average molecular weight is 394 g/mol. The molecule has 0 saturated heterocycles. The van der Waals surface area contributed by atoms with Gasteiger partial charge < -0.3 is 24.1 Å². The summed E-state index contributed by atoms with van der Waals surface area (Å²) in [4.78, 5) is 12.7. The molecule has 1 N–H and O–H groups in total. The average Bonchev–Trinajstić information content (AvgIpc) is 3.06. The van der Waals surface area contributed by atoms with Crippen LogP contribution in [0.2, 0.25) is 0 Å². The molecule has 3 aromatic rings. The molecule has 2 aromatic carbocycles. The highest BCUT2D eigenvalue weighted by molar-refractivity contribution is 6.04. The van der Waals surface area contributed by atoms with Gasteiger partial charge in [-0.3, -0.25) is 4.79 Å². The van der Waals surface area contributed by atoms with E-state index >= 15 is 0 Å². The molecule has 1 aromatic heterocycles. The lowest BCUT2D eigenvalue weighted by Gasteiger charge is -2.13. The van der Waals surface area contributed by atoms with E-state index in [0.29, 0.717) is 36.0 Å². The Labute approximate surface area is 171 Å². The molecule has 0 spiro atoms. The lowest BCUT2D eigenvalue weighted by molar-refractivity contribution is 0.102. The lowest BCUT2D eigenvalue weighted by Crippen LogP contribution is -2.12. The van der Waals surface area contributed by atoms with Gasteiger partial charge in [0.15, 0.2) is 11.5 Å². The van der Waals surface area contributed by atoms with Gasteiger partial charge in [0.25, 0.3) is 5.91 Å². The summed E-state index contributed by atoms with van der Waals surface area (Å²) in [7, 11) is 3.19. The van der Waals surface area contributed by atoms with Crippen LogP contribution in [0.4, 0.5) is 5.69 Å². The number of carbonyl (C=O) groups is 1. The van der Waals surface area contributed by atoms with Crippen molar-refractivity contribution in [3.05, 3.63) is 71.5 Å². The van der Waals surface area contributed by atoms with Gasteiger partial charge in [-0.05, 0) is 62.4 Å². The molecule has 29 heavy (non-hydrogen) atoms. The Kier molecular flexibility index (Phi) is 6.57. The third kappa shape index (κ3) is 4.78. The first kappa shape index (κ1) is 20.5. The molecule has 0 fully saturated rings. The maximum atomic E-state index is 12.7. The fourth-order valence-corrected chi connectivity index (χ4v) is 3.14. The van der Waals surface area contributed by atoms with Gasteiger partial charge in [0.2, 0.25) is 0 Å². The molecule has 0 aliphatic rings. The lowest BCUT2D eigenvalue weighted by atomic mass is 10.1. The number of rotatable bonds is 8. The quantitative estimate of drug-likeness (QED) is 0.576. The number of methoxy groups -OCH3 is 2. The number of nitrogens with zero attached hydrogens (tertiary/aromatic N) is 1. The Morgan fingerprint density at radius 1 is 0.897 bits per heavy atom. The summed E-state index contributed by atoms with van der Waals surface area (Å²) in [5.41, 5.74) is 4.54. The van der Waals surface area contributed by atoms with Crippen molar-refractivity contribution in [1.82, 2.24) is 4.57 Å². The Bertz CT molecular complexity index is 958. The van der Waals surface area contributed by atoms with Crippen LogP contribution in [-0.4, -0.2) is 37.9 Å². The number of hydrogen-bond acceptors (Lipinski definition) is 4. The van der Waals surface area contributed by atoms with E-state index in [0.717, 1.165) is 17.1 Å². The minimum absolute atomic E-state index is 0.189. The molecule has 3 rings (SSSR count). The molecule has 0 unspecified atom stereocenters. The van der Waals surface area contributed by atoms with Crippen LogP contribution in [0.15, 0.2) is 54.6 Å². The fourth-order valence-electron chi connectivity index (χ4n) is 3.14. The summed E-state index contributed by atoms with van der Waals surface area (Å²) < 4.78 is 18.1. The molecular weight excluding hydrogens is 368 g/mol. The predicted octanol–water partition coefficient (Wildman–Crippen LogP) is 4.38. The van der Waals surface area contributed by atoms with Crippen molar-refractivity contribution in [3.63, 3.8) is 0 Å². The summed E-state index contributed by atoms with van der Waals surface area (Å²) in [6.45, 7) is 4.98. The number of amides is 1. The summed E-state index contributed by atoms with van der Waals surface area (Å²) in [6, 6.07) is 17.0. The highest BCUT2D eigenvalue weighted by atomic mass is 16.5. The third-order valence-electron chi connectivity index (χ3n) is 4.63. The van der Waals surface area contributed by atoms with E-state index in [1.807, 2.05) is 24.3 Å². The van der Waals surface area contributed by atoms with Gasteiger partial charge in [0, 0.05) is 41.5 Å². The highest BCUT2D eigenvalue weighted by Crippen LogP contribution is 2.30. The second-order valence-corrected chi connectivity index (χ2v) is 6.66. The molecule has 0 aliphatic carbocycles. The third-order valence-corrected chi connectivity index (χ3v) is 4.63. The van der Waals surface area contributed by atoms with Crippen molar-refractivity contribution in [2.45, 2.75) is 13.8 Å². The van der Waals surface area contributed by atoms with Crippen LogP contribution >= 0.6 is 0 Å². The molecule has 152 valence electrons. The molecule has 1 amide bonds. The van der Waals surface area contributed by atoms with Crippen molar-refractivity contribution in [2.75, 3.05) is 32.8 Å². The number of benzene rings is 2. The Hall–Kier alpha value is -3.25. The fraction of sp³-hybridized carbons (Fsp3) is 0.261. The van der Waals surface area contributed by atoms with Crippen LogP contribution in [0.25, 0.3) is 5.69 Å². The molecule has 0 bridgehead atoms. The number of nitrogens with one attached hydrogen (secondary N) is 1. The smallest absolute Gasteiger partial charge is 0.255 e. The number of hydrogen-bond donors (Lipinski definition) is 1. The maximum Gasteiger partial charge on any atom is 0.255 e. The van der Waals surface area contributed by atoms with E-state index in [9.17, 15) is 4.79 Å². The van der Waals surface area contributed by atoms with Crippen molar-refractivity contribution in [2.24, 2.45) is 0 Å². The van der Waals surface area contributed by atoms with Gasteiger partial charge in [-0.15, -0.1) is 0 Å². The first-order chi connectivity index (χ1) is 14.0. The zero-order chi connectivity index (χ0) is 20.8. The molecule has 1 heterocycles. The van der Waals surface area contributed by atoms with Gasteiger partial charge >= 0.3 is 0 Å². The van der Waals surface area contributed by atoms with Crippen molar-refractivity contribution in [3.8, 4) is 17.2 Å². The number of anilines is 1. The van der Waals surface area contributed by atoms with E-state index in [4.69, 9.17) is 14.2 Å². The zero-order valence-electron chi connectivity index (χ0n) is 17.2. The number of ether oxygens (including phenoxy) is 3.